The summed E-state index contributed by atoms with van der Waals surface area (Å²) in [6, 6.07) is 0. The molecule has 2 nitrogen and oxygen atoms in total. The van der Waals surface area contributed by atoms with Crippen molar-refractivity contribution in [3.8, 4) is 0 Å². The van der Waals surface area contributed by atoms with Gasteiger partial charge in [-0.25, -0.2) is 0 Å². The number of likely N-dealkylation sites (N-methyl/N-ethyl adjacent to an activating group) is 1. The van der Waals surface area contributed by atoms with Crippen molar-refractivity contribution in [3.63, 3.8) is 0 Å². The van der Waals surface area contributed by atoms with E-state index in [0.717, 1.165) is 13.1 Å². The zero-order chi connectivity index (χ0) is 7.49. The molecule has 0 bridgehead atoms. The quantitative estimate of drug-likeness (QED) is 0.595. The van der Waals surface area contributed by atoms with E-state index in [0.29, 0.717) is 0 Å². The number of rotatable bonds is 2. The zero-order valence-corrected chi connectivity index (χ0v) is 6.94. The van der Waals surface area contributed by atoms with E-state index in [4.69, 9.17) is 5.73 Å². The molecule has 0 saturated heterocycles. The largest absolute Gasteiger partial charge is 0.329 e. The van der Waals surface area contributed by atoms with Crippen molar-refractivity contribution in [1.82, 2.24) is 4.90 Å². The third-order valence-corrected chi connectivity index (χ3v) is 1.61. The van der Waals surface area contributed by atoms with Crippen LogP contribution in [0.4, 0.5) is 0 Å². The van der Waals surface area contributed by atoms with Crippen molar-refractivity contribution in [2.24, 2.45) is 5.73 Å². The molecule has 0 rings (SSSR count). The van der Waals surface area contributed by atoms with Crippen LogP contribution in [0.15, 0.2) is 0 Å². The summed E-state index contributed by atoms with van der Waals surface area (Å²) < 4.78 is 0. The number of hydrogen-bond acceptors (Lipinski definition) is 2. The van der Waals surface area contributed by atoms with Crippen LogP contribution in [-0.2, 0) is 0 Å². The number of nitrogens with zero attached hydrogens (tertiary/aromatic N) is 1. The van der Waals surface area contributed by atoms with Crippen molar-refractivity contribution in [2.75, 3.05) is 20.1 Å². The molecular weight excluding hydrogens is 112 g/mol. The van der Waals surface area contributed by atoms with Crippen LogP contribution in [0, 0.1) is 0 Å². The zero-order valence-electron chi connectivity index (χ0n) is 6.94. The van der Waals surface area contributed by atoms with Crippen LogP contribution in [0.5, 0.6) is 0 Å². The molecule has 0 aliphatic carbocycles. The van der Waals surface area contributed by atoms with Gasteiger partial charge in [-0.05, 0) is 27.8 Å². The Kier molecular flexibility index (Phi) is 3.15. The summed E-state index contributed by atoms with van der Waals surface area (Å²) in [5.41, 5.74) is 5.65. The Labute approximate surface area is 58.0 Å². The molecule has 2 N–H and O–H groups in total. The lowest BCUT2D eigenvalue weighted by Gasteiger charge is -2.31. The highest BCUT2D eigenvalue weighted by atomic mass is 15.2. The third-order valence-electron chi connectivity index (χ3n) is 1.61. The molecule has 56 valence electrons. The smallest absolute Gasteiger partial charge is 0.0122 e. The first-order chi connectivity index (χ1) is 3.98. The molecule has 0 aromatic rings. The maximum Gasteiger partial charge on any atom is 0.0122 e. The van der Waals surface area contributed by atoms with Gasteiger partial charge in [0, 0.05) is 18.6 Å². The first kappa shape index (κ1) is 8.92. The fourth-order valence-corrected chi connectivity index (χ4v) is 0.529. The maximum absolute atomic E-state index is 5.38. The van der Waals surface area contributed by atoms with Crippen LogP contribution >= 0.6 is 0 Å². The van der Waals surface area contributed by atoms with E-state index in [1.54, 1.807) is 0 Å². The highest BCUT2D eigenvalue weighted by molar-refractivity contribution is 4.72. The van der Waals surface area contributed by atoms with Gasteiger partial charge in [0.15, 0.2) is 0 Å². The highest BCUT2D eigenvalue weighted by Gasteiger charge is 2.14. The van der Waals surface area contributed by atoms with Crippen LogP contribution in [0.2, 0.25) is 0 Å². The Bertz CT molecular complexity index is 73.5. The molecule has 0 atom stereocenters. The molecular formula is C7H18N2. The second-order valence-corrected chi connectivity index (χ2v) is 3.38. The molecule has 0 radical (unpaired) electrons. The van der Waals surface area contributed by atoms with Gasteiger partial charge in [-0.1, -0.05) is 0 Å². The monoisotopic (exact) mass is 130 g/mol. The van der Waals surface area contributed by atoms with Gasteiger partial charge in [-0.3, -0.25) is 0 Å². The standard InChI is InChI=1S/C7H18N2/c1-7(2,3)9(4)6-5-8/h5-6,8H2,1-4H3. The lowest BCUT2D eigenvalue weighted by Crippen LogP contribution is -2.40. The molecule has 0 fully saturated rings. The lowest BCUT2D eigenvalue weighted by molar-refractivity contribution is 0.181. The molecule has 0 aliphatic rings. The van der Waals surface area contributed by atoms with Gasteiger partial charge in [-0.15, -0.1) is 0 Å². The fraction of sp³-hybridized carbons (Fsp3) is 1.00. The van der Waals surface area contributed by atoms with Gasteiger partial charge in [0.2, 0.25) is 0 Å². The average Bonchev–Trinajstić information content (AvgIpc) is 1.64. The second kappa shape index (κ2) is 3.18. The first-order valence-electron chi connectivity index (χ1n) is 3.40. The van der Waals surface area contributed by atoms with E-state index in [1.165, 1.54) is 0 Å². The molecule has 2 heteroatoms. The van der Waals surface area contributed by atoms with Crippen molar-refractivity contribution in [1.29, 1.82) is 0 Å². The third kappa shape index (κ3) is 3.49. The van der Waals surface area contributed by atoms with Gasteiger partial charge >= 0.3 is 0 Å². The minimum atomic E-state index is 0.263. The summed E-state index contributed by atoms with van der Waals surface area (Å²) in [4.78, 5) is 2.24. The molecule has 9 heavy (non-hydrogen) atoms. The Balaban J connectivity index is 3.59. The maximum atomic E-state index is 5.38. The van der Waals surface area contributed by atoms with Gasteiger partial charge in [-0.2, -0.15) is 0 Å². The molecule has 0 amide bonds. The Morgan fingerprint density at radius 3 is 1.89 bits per heavy atom. The van der Waals surface area contributed by atoms with Crippen LogP contribution < -0.4 is 5.73 Å². The van der Waals surface area contributed by atoms with Crippen LogP contribution in [0.25, 0.3) is 0 Å². The van der Waals surface area contributed by atoms with E-state index >= 15 is 0 Å². The molecule has 0 aromatic heterocycles. The SMILES string of the molecule is CN(CCN)C(C)(C)C. The Hall–Kier alpha value is -0.0800. The van der Waals surface area contributed by atoms with Crippen molar-refractivity contribution in [2.45, 2.75) is 26.3 Å². The second-order valence-electron chi connectivity index (χ2n) is 3.38. The van der Waals surface area contributed by atoms with Crippen molar-refractivity contribution >= 4 is 0 Å². The van der Waals surface area contributed by atoms with Gasteiger partial charge in [0.1, 0.15) is 0 Å². The molecule has 0 spiro atoms. The van der Waals surface area contributed by atoms with Crippen LogP contribution in [0.3, 0.4) is 0 Å². The predicted molar refractivity (Wildman–Crippen MR) is 41.4 cm³/mol. The molecule has 0 saturated carbocycles. The highest BCUT2D eigenvalue weighted by Crippen LogP contribution is 2.08. The van der Waals surface area contributed by atoms with Crippen molar-refractivity contribution in [3.05, 3.63) is 0 Å². The summed E-state index contributed by atoms with van der Waals surface area (Å²) in [5, 5.41) is 0. The Morgan fingerprint density at radius 1 is 1.33 bits per heavy atom. The number of nitrogens with two attached hydrogens (primary N) is 1. The number of hydrogen-bond donors (Lipinski definition) is 1. The summed E-state index contributed by atoms with van der Waals surface area (Å²) in [6.07, 6.45) is 0. The predicted octanol–water partition coefficient (Wildman–Crippen LogP) is 0.675. The minimum Gasteiger partial charge on any atom is -0.329 e. The average molecular weight is 130 g/mol. The minimum absolute atomic E-state index is 0.263. The Morgan fingerprint density at radius 2 is 1.78 bits per heavy atom. The van der Waals surface area contributed by atoms with E-state index in [1.807, 2.05) is 0 Å². The molecule has 0 heterocycles. The fourth-order valence-electron chi connectivity index (χ4n) is 0.529. The summed E-state index contributed by atoms with van der Waals surface area (Å²) in [7, 11) is 2.09. The van der Waals surface area contributed by atoms with Crippen LogP contribution in [0.1, 0.15) is 20.8 Å². The normalized spacial score (nSPS) is 12.7. The molecule has 0 unspecified atom stereocenters. The van der Waals surface area contributed by atoms with E-state index in [-0.39, 0.29) is 5.54 Å². The molecule has 0 aliphatic heterocycles. The summed E-state index contributed by atoms with van der Waals surface area (Å²) in [6.45, 7) is 8.27. The lowest BCUT2D eigenvalue weighted by atomic mass is 10.1. The van der Waals surface area contributed by atoms with Crippen LogP contribution in [-0.4, -0.2) is 30.6 Å². The van der Waals surface area contributed by atoms with Gasteiger partial charge in [0.25, 0.3) is 0 Å². The summed E-state index contributed by atoms with van der Waals surface area (Å²) in [5.74, 6) is 0. The summed E-state index contributed by atoms with van der Waals surface area (Å²) >= 11 is 0. The molecule has 0 aromatic carbocycles. The van der Waals surface area contributed by atoms with E-state index in [2.05, 4.69) is 32.7 Å². The van der Waals surface area contributed by atoms with Gasteiger partial charge < -0.3 is 10.6 Å². The van der Waals surface area contributed by atoms with E-state index < -0.39 is 0 Å². The van der Waals surface area contributed by atoms with Crippen molar-refractivity contribution < 1.29 is 0 Å². The first-order valence-corrected chi connectivity index (χ1v) is 3.40. The van der Waals surface area contributed by atoms with E-state index in [9.17, 15) is 0 Å². The topological polar surface area (TPSA) is 29.3 Å². The van der Waals surface area contributed by atoms with Gasteiger partial charge in [0.05, 0.1) is 0 Å².